The SMILES string of the molecule is COCC(=O)N1C[C@@H](NC(=O)c2c(C)[nH]c3c(-c4cc(C)ccc4OCC4CC4)ncnc23)C(F)(F)C1. The van der Waals surface area contributed by atoms with Gasteiger partial charge >= 0.3 is 0 Å². The van der Waals surface area contributed by atoms with E-state index in [1.165, 1.54) is 13.4 Å². The van der Waals surface area contributed by atoms with E-state index in [0.29, 0.717) is 40.7 Å². The molecule has 1 aromatic carbocycles. The second-order valence-electron chi connectivity index (χ2n) is 9.82. The number of methoxy groups -OCH3 is 1. The number of carbonyl (C=O) groups is 2. The molecule has 1 saturated heterocycles. The molecule has 2 aromatic heterocycles. The van der Waals surface area contributed by atoms with Gasteiger partial charge in [-0.2, -0.15) is 0 Å². The fraction of sp³-hybridized carbons (Fsp3) is 0.462. The number of carbonyl (C=O) groups excluding carboxylic acids is 2. The van der Waals surface area contributed by atoms with E-state index in [2.05, 4.69) is 20.3 Å². The number of aromatic nitrogens is 3. The molecular weight excluding hydrogens is 484 g/mol. The van der Waals surface area contributed by atoms with Crippen LogP contribution in [0.3, 0.4) is 0 Å². The molecule has 2 N–H and O–H groups in total. The molecule has 1 aliphatic heterocycles. The number of nitrogens with one attached hydrogen (secondary N) is 2. The van der Waals surface area contributed by atoms with Gasteiger partial charge in [0.15, 0.2) is 0 Å². The molecule has 1 saturated carbocycles. The Hall–Kier alpha value is -3.60. The normalized spacial score (nSPS) is 18.8. The first-order valence-corrected chi connectivity index (χ1v) is 12.2. The highest BCUT2D eigenvalue weighted by molar-refractivity contribution is 6.09. The first-order chi connectivity index (χ1) is 17.7. The standard InChI is InChI=1S/C26H29F2N5O4/c1-14-4-7-18(37-10-16-5-6-16)17(8-14)22-24-23(30-13-29-22)21(15(2)31-24)25(35)32-19-9-33(12-26(19,27)28)20(34)11-36-3/h4,7-8,13,16,19,31H,5-6,9-12H2,1-3H3,(H,32,35)/t19-/m1/s1. The second-order valence-corrected chi connectivity index (χ2v) is 9.82. The third-order valence-electron chi connectivity index (χ3n) is 6.80. The molecule has 5 rings (SSSR count). The minimum Gasteiger partial charge on any atom is -0.493 e. The van der Waals surface area contributed by atoms with Gasteiger partial charge in [-0.05, 0) is 44.7 Å². The summed E-state index contributed by atoms with van der Waals surface area (Å²) in [7, 11) is 1.32. The average Bonchev–Trinajstić information content (AvgIpc) is 3.54. The zero-order valence-electron chi connectivity index (χ0n) is 20.9. The number of rotatable bonds is 8. The van der Waals surface area contributed by atoms with E-state index in [1.54, 1.807) is 6.92 Å². The Morgan fingerprint density at radius 2 is 2.03 bits per heavy atom. The first kappa shape index (κ1) is 25.1. The summed E-state index contributed by atoms with van der Waals surface area (Å²) in [6.45, 7) is 2.88. The Balaban J connectivity index is 1.45. The van der Waals surface area contributed by atoms with E-state index in [4.69, 9.17) is 9.47 Å². The number of aromatic amines is 1. The van der Waals surface area contributed by atoms with Crippen LogP contribution in [0.15, 0.2) is 24.5 Å². The maximum Gasteiger partial charge on any atom is 0.286 e. The molecule has 0 radical (unpaired) electrons. The number of hydrogen-bond donors (Lipinski definition) is 2. The fourth-order valence-electron chi connectivity index (χ4n) is 4.62. The van der Waals surface area contributed by atoms with E-state index < -0.39 is 30.3 Å². The lowest BCUT2D eigenvalue weighted by atomic mass is 10.1. The summed E-state index contributed by atoms with van der Waals surface area (Å²) in [6.07, 6.45) is 3.67. The Bertz CT molecular complexity index is 1350. The minimum absolute atomic E-state index is 0.157. The lowest BCUT2D eigenvalue weighted by Gasteiger charge is -2.18. The van der Waals surface area contributed by atoms with Gasteiger partial charge in [-0.25, -0.2) is 18.7 Å². The predicted octanol–water partition coefficient (Wildman–Crippen LogP) is 3.25. The minimum atomic E-state index is -3.28. The number of benzene rings is 1. The third-order valence-corrected chi connectivity index (χ3v) is 6.80. The van der Waals surface area contributed by atoms with Crippen molar-refractivity contribution in [2.75, 3.05) is 33.4 Å². The van der Waals surface area contributed by atoms with Crippen molar-refractivity contribution >= 4 is 22.8 Å². The number of hydrogen-bond acceptors (Lipinski definition) is 6. The maximum atomic E-state index is 14.7. The van der Waals surface area contributed by atoms with Crippen molar-refractivity contribution in [3.05, 3.63) is 41.3 Å². The average molecular weight is 514 g/mol. The number of likely N-dealkylation sites (tertiary alicyclic amines) is 1. The molecule has 3 aromatic rings. The van der Waals surface area contributed by atoms with Crippen molar-refractivity contribution in [1.82, 2.24) is 25.2 Å². The van der Waals surface area contributed by atoms with Crippen molar-refractivity contribution in [3.8, 4) is 17.0 Å². The van der Waals surface area contributed by atoms with Gasteiger partial charge in [0.25, 0.3) is 11.8 Å². The topological polar surface area (TPSA) is 109 Å². The quantitative estimate of drug-likeness (QED) is 0.479. The van der Waals surface area contributed by atoms with Gasteiger partial charge in [0.05, 0.1) is 24.2 Å². The number of alkyl halides is 2. The van der Waals surface area contributed by atoms with Crippen LogP contribution in [0.2, 0.25) is 0 Å². The zero-order valence-corrected chi connectivity index (χ0v) is 20.9. The van der Waals surface area contributed by atoms with Crippen molar-refractivity contribution < 1.29 is 27.8 Å². The van der Waals surface area contributed by atoms with Crippen molar-refractivity contribution in [2.24, 2.45) is 5.92 Å². The molecule has 2 fully saturated rings. The number of fused-ring (bicyclic) bond motifs is 1. The smallest absolute Gasteiger partial charge is 0.286 e. The van der Waals surface area contributed by atoms with Crippen molar-refractivity contribution in [3.63, 3.8) is 0 Å². The van der Waals surface area contributed by atoms with E-state index in [9.17, 15) is 18.4 Å². The number of ether oxygens (including phenoxy) is 2. The van der Waals surface area contributed by atoms with Crippen LogP contribution < -0.4 is 10.1 Å². The van der Waals surface area contributed by atoms with Crippen LogP contribution in [-0.2, 0) is 9.53 Å². The molecular formula is C26H29F2N5O4. The van der Waals surface area contributed by atoms with Crippen LogP contribution in [0.5, 0.6) is 5.75 Å². The molecule has 0 bridgehead atoms. The van der Waals surface area contributed by atoms with Gasteiger partial charge in [0, 0.05) is 24.9 Å². The molecule has 0 spiro atoms. The molecule has 2 aliphatic rings. The summed E-state index contributed by atoms with van der Waals surface area (Å²) in [6, 6.07) is 4.30. The monoisotopic (exact) mass is 513 g/mol. The highest BCUT2D eigenvalue weighted by Gasteiger charge is 2.50. The third kappa shape index (κ3) is 5.00. The van der Waals surface area contributed by atoms with E-state index in [-0.39, 0.29) is 18.7 Å². The van der Waals surface area contributed by atoms with Crippen LogP contribution in [0.25, 0.3) is 22.3 Å². The summed E-state index contributed by atoms with van der Waals surface area (Å²) >= 11 is 0. The summed E-state index contributed by atoms with van der Waals surface area (Å²) < 4.78 is 40.2. The number of nitrogens with zero attached hydrogens (tertiary/aromatic N) is 3. The van der Waals surface area contributed by atoms with E-state index >= 15 is 0 Å². The second kappa shape index (κ2) is 9.70. The van der Waals surface area contributed by atoms with Crippen LogP contribution in [0.4, 0.5) is 8.78 Å². The number of aryl methyl sites for hydroxylation is 2. The maximum absolute atomic E-state index is 14.7. The van der Waals surface area contributed by atoms with E-state index in [1.807, 2.05) is 25.1 Å². The molecule has 196 valence electrons. The van der Waals surface area contributed by atoms with Crippen LogP contribution in [0, 0.1) is 19.8 Å². The van der Waals surface area contributed by atoms with Crippen LogP contribution in [0.1, 0.15) is 34.5 Å². The Morgan fingerprint density at radius 1 is 1.24 bits per heavy atom. The lowest BCUT2D eigenvalue weighted by Crippen LogP contribution is -2.46. The van der Waals surface area contributed by atoms with Gasteiger partial charge in [0.2, 0.25) is 5.91 Å². The van der Waals surface area contributed by atoms with Gasteiger partial charge in [-0.15, -0.1) is 0 Å². The molecule has 3 heterocycles. The number of amides is 2. The fourth-order valence-corrected chi connectivity index (χ4v) is 4.62. The Labute approximate surface area is 212 Å². The summed E-state index contributed by atoms with van der Waals surface area (Å²) in [5.41, 5.74) is 3.79. The highest BCUT2D eigenvalue weighted by Crippen LogP contribution is 2.37. The molecule has 9 nitrogen and oxygen atoms in total. The molecule has 0 unspecified atom stereocenters. The van der Waals surface area contributed by atoms with Crippen LogP contribution >= 0.6 is 0 Å². The molecule has 37 heavy (non-hydrogen) atoms. The first-order valence-electron chi connectivity index (χ1n) is 12.2. The van der Waals surface area contributed by atoms with Crippen molar-refractivity contribution in [1.29, 1.82) is 0 Å². The van der Waals surface area contributed by atoms with E-state index in [0.717, 1.165) is 28.9 Å². The Kier molecular flexibility index (Phi) is 6.57. The van der Waals surface area contributed by atoms with Gasteiger partial charge in [0.1, 0.15) is 35.9 Å². The summed E-state index contributed by atoms with van der Waals surface area (Å²) in [5.74, 6) is -3.29. The van der Waals surface area contributed by atoms with Crippen molar-refractivity contribution in [2.45, 2.75) is 38.7 Å². The van der Waals surface area contributed by atoms with Gasteiger partial charge in [-0.3, -0.25) is 9.59 Å². The highest BCUT2D eigenvalue weighted by atomic mass is 19.3. The molecule has 1 aliphatic carbocycles. The lowest BCUT2D eigenvalue weighted by molar-refractivity contribution is -0.135. The van der Waals surface area contributed by atoms with Gasteiger partial charge < -0.3 is 24.7 Å². The predicted molar refractivity (Wildman–Crippen MR) is 132 cm³/mol. The molecule has 11 heteroatoms. The summed E-state index contributed by atoms with van der Waals surface area (Å²) in [4.78, 5) is 38.3. The van der Waals surface area contributed by atoms with Crippen LogP contribution in [-0.4, -0.2) is 77.0 Å². The summed E-state index contributed by atoms with van der Waals surface area (Å²) in [5, 5.41) is 2.42. The molecule has 1 atom stereocenters. The number of halogens is 2. The number of H-pyrrole nitrogens is 1. The Morgan fingerprint density at radius 3 is 2.76 bits per heavy atom. The largest absolute Gasteiger partial charge is 0.493 e. The van der Waals surface area contributed by atoms with Gasteiger partial charge in [-0.1, -0.05) is 11.6 Å². The molecule has 2 amide bonds. The zero-order chi connectivity index (χ0) is 26.3.